The summed E-state index contributed by atoms with van der Waals surface area (Å²) in [7, 11) is 0. The van der Waals surface area contributed by atoms with Gasteiger partial charge in [0.05, 0.1) is 0 Å². The minimum atomic E-state index is -0.508. The van der Waals surface area contributed by atoms with E-state index >= 15 is 0 Å². The fourth-order valence-electron chi connectivity index (χ4n) is 1.63. The van der Waals surface area contributed by atoms with Gasteiger partial charge in [-0.15, -0.1) is 0 Å². The first-order valence-electron chi connectivity index (χ1n) is 6.29. The molecule has 0 bridgehead atoms. The lowest BCUT2D eigenvalue weighted by Crippen LogP contribution is -2.40. The molecule has 4 nitrogen and oxygen atoms in total. The predicted octanol–water partition coefficient (Wildman–Crippen LogP) is 1.48. The summed E-state index contributed by atoms with van der Waals surface area (Å²) in [6.07, 6.45) is 0.237. The van der Waals surface area contributed by atoms with Crippen LogP contribution in [0.1, 0.15) is 26.3 Å². The zero-order valence-electron chi connectivity index (χ0n) is 11.3. The molecule has 0 saturated heterocycles. The minimum absolute atomic E-state index is 0.104. The molecule has 0 fully saturated rings. The van der Waals surface area contributed by atoms with Gasteiger partial charge in [-0.25, -0.2) is 0 Å². The van der Waals surface area contributed by atoms with Crippen LogP contribution in [-0.4, -0.2) is 24.6 Å². The average molecular weight is 250 g/mol. The number of hydrogen-bond donors (Lipinski definition) is 2. The molecule has 0 aromatic heterocycles. The van der Waals surface area contributed by atoms with Crippen molar-refractivity contribution in [2.45, 2.75) is 39.3 Å². The van der Waals surface area contributed by atoms with Gasteiger partial charge in [0.1, 0.15) is 5.75 Å². The van der Waals surface area contributed by atoms with Crippen molar-refractivity contribution in [2.75, 3.05) is 6.54 Å². The summed E-state index contributed by atoms with van der Waals surface area (Å²) in [5.41, 5.74) is 6.58. The van der Waals surface area contributed by atoms with E-state index in [4.69, 9.17) is 10.5 Å². The van der Waals surface area contributed by atoms with E-state index in [-0.39, 0.29) is 11.9 Å². The number of hydrogen-bond acceptors (Lipinski definition) is 3. The third-order valence-corrected chi connectivity index (χ3v) is 2.49. The summed E-state index contributed by atoms with van der Waals surface area (Å²) in [6, 6.07) is 7.78. The zero-order valence-corrected chi connectivity index (χ0v) is 11.3. The number of rotatable bonds is 6. The fourth-order valence-corrected chi connectivity index (χ4v) is 1.63. The van der Waals surface area contributed by atoms with Gasteiger partial charge in [0.2, 0.25) is 0 Å². The van der Waals surface area contributed by atoms with Crippen molar-refractivity contribution in [1.82, 2.24) is 5.32 Å². The molecule has 1 atom stereocenters. The van der Waals surface area contributed by atoms with Gasteiger partial charge >= 0.3 is 0 Å². The fraction of sp³-hybridized carbons (Fsp3) is 0.500. The second kappa shape index (κ2) is 7.01. The highest BCUT2D eigenvalue weighted by Gasteiger charge is 2.16. The Morgan fingerprint density at radius 2 is 2.00 bits per heavy atom. The van der Waals surface area contributed by atoms with Crippen molar-refractivity contribution in [3.05, 3.63) is 29.8 Å². The highest BCUT2D eigenvalue weighted by molar-refractivity contribution is 5.80. The molecule has 1 unspecified atom stereocenters. The third-order valence-electron chi connectivity index (χ3n) is 2.49. The molecule has 3 N–H and O–H groups in total. The van der Waals surface area contributed by atoms with E-state index in [0.717, 1.165) is 17.7 Å². The Hall–Kier alpha value is -1.55. The van der Waals surface area contributed by atoms with Crippen LogP contribution < -0.4 is 15.8 Å². The van der Waals surface area contributed by atoms with Crippen LogP contribution in [0.15, 0.2) is 24.3 Å². The molecule has 0 radical (unpaired) electrons. The Morgan fingerprint density at radius 1 is 1.33 bits per heavy atom. The first kappa shape index (κ1) is 14.5. The molecule has 0 spiro atoms. The summed E-state index contributed by atoms with van der Waals surface area (Å²) in [6.45, 7) is 6.16. The Balaban J connectivity index is 2.69. The molecular weight excluding hydrogens is 228 g/mol. The molecule has 100 valence electrons. The summed E-state index contributed by atoms with van der Waals surface area (Å²) in [4.78, 5) is 11.8. The number of nitrogens with two attached hydrogens (primary N) is 1. The van der Waals surface area contributed by atoms with Crippen molar-refractivity contribution < 1.29 is 9.53 Å². The number of benzene rings is 1. The maximum atomic E-state index is 11.8. The largest absolute Gasteiger partial charge is 0.481 e. The number of ether oxygens (including phenoxy) is 1. The minimum Gasteiger partial charge on any atom is -0.481 e. The van der Waals surface area contributed by atoms with Crippen molar-refractivity contribution in [2.24, 2.45) is 5.73 Å². The van der Waals surface area contributed by atoms with Crippen LogP contribution >= 0.6 is 0 Å². The van der Waals surface area contributed by atoms with E-state index in [1.165, 1.54) is 0 Å². The van der Waals surface area contributed by atoms with E-state index in [0.29, 0.717) is 6.54 Å². The molecule has 1 aromatic carbocycles. The van der Waals surface area contributed by atoms with Crippen LogP contribution in [0.4, 0.5) is 0 Å². The molecular formula is C14H22N2O2. The molecule has 18 heavy (non-hydrogen) atoms. The van der Waals surface area contributed by atoms with Crippen molar-refractivity contribution in [3.8, 4) is 5.75 Å². The van der Waals surface area contributed by atoms with Crippen LogP contribution in [0.2, 0.25) is 0 Å². The SMILES string of the molecule is CC(C)NC(=O)C(C)Oc1ccccc1CCN. The van der Waals surface area contributed by atoms with E-state index in [1.807, 2.05) is 38.1 Å². The quantitative estimate of drug-likeness (QED) is 0.803. The van der Waals surface area contributed by atoms with Gasteiger partial charge in [-0.2, -0.15) is 0 Å². The molecule has 0 saturated carbocycles. The molecule has 0 aliphatic heterocycles. The Kier molecular flexibility index (Phi) is 5.65. The molecule has 0 heterocycles. The maximum Gasteiger partial charge on any atom is 0.260 e. The van der Waals surface area contributed by atoms with Crippen LogP contribution in [0.3, 0.4) is 0 Å². The smallest absolute Gasteiger partial charge is 0.260 e. The molecule has 1 rings (SSSR count). The topological polar surface area (TPSA) is 64.3 Å². The molecule has 4 heteroatoms. The monoisotopic (exact) mass is 250 g/mol. The van der Waals surface area contributed by atoms with Crippen molar-refractivity contribution in [3.63, 3.8) is 0 Å². The standard InChI is InChI=1S/C14H22N2O2/c1-10(2)16-14(17)11(3)18-13-7-5-4-6-12(13)8-9-15/h4-7,10-11H,8-9,15H2,1-3H3,(H,16,17). The van der Waals surface area contributed by atoms with E-state index in [1.54, 1.807) is 6.92 Å². The van der Waals surface area contributed by atoms with Gasteiger partial charge in [-0.3, -0.25) is 4.79 Å². The summed E-state index contributed by atoms with van der Waals surface area (Å²) in [5, 5.41) is 2.83. The van der Waals surface area contributed by atoms with Gasteiger partial charge in [0.25, 0.3) is 5.91 Å². The zero-order chi connectivity index (χ0) is 13.5. The number of carbonyl (C=O) groups excluding carboxylic acids is 1. The number of amides is 1. The normalized spacial score (nSPS) is 12.3. The first-order chi connectivity index (χ1) is 8.54. The molecule has 1 aromatic rings. The van der Waals surface area contributed by atoms with Gasteiger partial charge in [0, 0.05) is 6.04 Å². The van der Waals surface area contributed by atoms with E-state index in [9.17, 15) is 4.79 Å². The summed E-state index contributed by atoms with van der Waals surface area (Å²) >= 11 is 0. The van der Waals surface area contributed by atoms with Crippen LogP contribution in [-0.2, 0) is 11.2 Å². The van der Waals surface area contributed by atoms with Crippen LogP contribution in [0.25, 0.3) is 0 Å². The number of nitrogens with one attached hydrogen (secondary N) is 1. The molecule has 0 aliphatic rings. The number of para-hydroxylation sites is 1. The summed E-state index contributed by atoms with van der Waals surface area (Å²) < 4.78 is 5.69. The van der Waals surface area contributed by atoms with Gasteiger partial charge < -0.3 is 15.8 Å². The first-order valence-corrected chi connectivity index (χ1v) is 6.29. The van der Waals surface area contributed by atoms with E-state index < -0.39 is 6.10 Å². The van der Waals surface area contributed by atoms with E-state index in [2.05, 4.69) is 5.32 Å². The average Bonchev–Trinajstić information content (AvgIpc) is 2.31. The number of carbonyl (C=O) groups is 1. The van der Waals surface area contributed by atoms with Gasteiger partial charge in [0.15, 0.2) is 6.10 Å². The summed E-state index contributed by atoms with van der Waals surface area (Å²) in [5.74, 6) is 0.627. The van der Waals surface area contributed by atoms with Crippen LogP contribution in [0, 0.1) is 0 Å². The van der Waals surface area contributed by atoms with Crippen molar-refractivity contribution in [1.29, 1.82) is 0 Å². The van der Waals surface area contributed by atoms with Crippen LogP contribution in [0.5, 0.6) is 5.75 Å². The van der Waals surface area contributed by atoms with Crippen molar-refractivity contribution >= 4 is 5.91 Å². The van der Waals surface area contributed by atoms with Gasteiger partial charge in [-0.1, -0.05) is 18.2 Å². The second-order valence-corrected chi connectivity index (χ2v) is 4.57. The second-order valence-electron chi connectivity index (χ2n) is 4.57. The lowest BCUT2D eigenvalue weighted by molar-refractivity contribution is -0.127. The Bertz CT molecular complexity index is 391. The molecule has 0 aliphatic carbocycles. The highest BCUT2D eigenvalue weighted by Crippen LogP contribution is 2.19. The molecule has 1 amide bonds. The maximum absolute atomic E-state index is 11.8. The highest BCUT2D eigenvalue weighted by atomic mass is 16.5. The Morgan fingerprint density at radius 3 is 2.61 bits per heavy atom. The predicted molar refractivity (Wildman–Crippen MR) is 72.6 cm³/mol. The lowest BCUT2D eigenvalue weighted by Gasteiger charge is -2.18. The Labute approximate surface area is 109 Å². The van der Waals surface area contributed by atoms with Gasteiger partial charge in [-0.05, 0) is 45.4 Å². The third kappa shape index (κ3) is 4.37. The lowest BCUT2D eigenvalue weighted by atomic mass is 10.1.